The van der Waals surface area contributed by atoms with Gasteiger partial charge in [0.2, 0.25) is 0 Å². The summed E-state index contributed by atoms with van der Waals surface area (Å²) < 4.78 is 5.29. The first-order valence-electron chi connectivity index (χ1n) is 7.62. The molecule has 0 heterocycles. The van der Waals surface area contributed by atoms with Gasteiger partial charge in [0.1, 0.15) is 5.60 Å². The first kappa shape index (κ1) is 17.6. The van der Waals surface area contributed by atoms with Gasteiger partial charge in [0.15, 0.2) is 0 Å². The minimum absolute atomic E-state index is 0.258. The van der Waals surface area contributed by atoms with Gasteiger partial charge >= 0.3 is 6.09 Å². The van der Waals surface area contributed by atoms with Gasteiger partial charge in [-0.15, -0.1) is 0 Å². The molecule has 118 valence electrons. The molecule has 1 amide bonds. The van der Waals surface area contributed by atoms with Crippen LogP contribution in [0.2, 0.25) is 0 Å². The summed E-state index contributed by atoms with van der Waals surface area (Å²) in [5.41, 5.74) is -0.419. The summed E-state index contributed by atoms with van der Waals surface area (Å²) in [6, 6.07) is 0.803. The third-order valence-corrected chi connectivity index (χ3v) is 4.06. The summed E-state index contributed by atoms with van der Waals surface area (Å²) in [4.78, 5) is 11.7. The normalized spacial score (nSPS) is 22.8. The molecule has 4 nitrogen and oxygen atoms in total. The summed E-state index contributed by atoms with van der Waals surface area (Å²) >= 11 is 1.91. The molecule has 1 saturated carbocycles. The van der Waals surface area contributed by atoms with Crippen LogP contribution >= 0.6 is 11.8 Å². The summed E-state index contributed by atoms with van der Waals surface area (Å²) in [5, 5.41) is 6.56. The topological polar surface area (TPSA) is 50.4 Å². The van der Waals surface area contributed by atoms with Crippen molar-refractivity contribution in [2.45, 2.75) is 70.6 Å². The van der Waals surface area contributed by atoms with E-state index in [9.17, 15) is 4.79 Å². The molecular formula is C15H30N2O2S. The molecule has 1 aliphatic carbocycles. The van der Waals surface area contributed by atoms with Gasteiger partial charge in [-0.1, -0.05) is 0 Å². The average Bonchev–Trinajstić information content (AvgIpc) is 2.74. The van der Waals surface area contributed by atoms with Crippen LogP contribution in [0.4, 0.5) is 4.79 Å². The number of hydrogen-bond acceptors (Lipinski definition) is 4. The van der Waals surface area contributed by atoms with Crippen LogP contribution < -0.4 is 10.6 Å². The summed E-state index contributed by atoms with van der Waals surface area (Å²) in [5.74, 6) is 1.25. The van der Waals surface area contributed by atoms with Crippen molar-refractivity contribution in [1.82, 2.24) is 10.6 Å². The lowest BCUT2D eigenvalue weighted by atomic mass is 10.2. The lowest BCUT2D eigenvalue weighted by Gasteiger charge is -2.21. The molecule has 0 aromatic heterocycles. The molecule has 20 heavy (non-hydrogen) atoms. The highest BCUT2D eigenvalue weighted by Gasteiger charge is 2.27. The Morgan fingerprint density at radius 2 is 1.95 bits per heavy atom. The van der Waals surface area contributed by atoms with Crippen LogP contribution in [0.15, 0.2) is 0 Å². The van der Waals surface area contributed by atoms with Crippen molar-refractivity contribution >= 4 is 17.9 Å². The van der Waals surface area contributed by atoms with Crippen molar-refractivity contribution in [2.24, 2.45) is 0 Å². The zero-order chi connectivity index (χ0) is 15.0. The second kappa shape index (κ2) is 8.78. The van der Waals surface area contributed by atoms with Gasteiger partial charge in [0, 0.05) is 12.1 Å². The Labute approximate surface area is 127 Å². The molecule has 0 bridgehead atoms. The quantitative estimate of drug-likeness (QED) is 0.709. The Bertz CT molecular complexity index is 292. The van der Waals surface area contributed by atoms with Gasteiger partial charge in [0.25, 0.3) is 0 Å². The molecule has 2 N–H and O–H groups in total. The Morgan fingerprint density at radius 3 is 2.60 bits per heavy atom. The zero-order valence-electron chi connectivity index (χ0n) is 13.3. The maximum Gasteiger partial charge on any atom is 0.407 e. The molecule has 0 spiro atoms. The van der Waals surface area contributed by atoms with Crippen LogP contribution in [0.1, 0.15) is 52.9 Å². The highest BCUT2D eigenvalue weighted by Crippen LogP contribution is 2.20. The molecule has 1 rings (SSSR count). The van der Waals surface area contributed by atoms with Crippen molar-refractivity contribution in [1.29, 1.82) is 0 Å². The molecule has 0 aromatic rings. The van der Waals surface area contributed by atoms with Gasteiger partial charge in [-0.2, -0.15) is 11.8 Å². The minimum Gasteiger partial charge on any atom is -0.444 e. The van der Waals surface area contributed by atoms with Crippen molar-refractivity contribution in [3.63, 3.8) is 0 Å². The molecule has 0 aromatic carbocycles. The van der Waals surface area contributed by atoms with Gasteiger partial charge in [-0.05, 0) is 71.4 Å². The Morgan fingerprint density at radius 1 is 1.25 bits per heavy atom. The van der Waals surface area contributed by atoms with Crippen LogP contribution in [0.5, 0.6) is 0 Å². The lowest BCUT2D eigenvalue weighted by Crippen LogP contribution is -2.39. The fourth-order valence-corrected chi connectivity index (χ4v) is 2.94. The van der Waals surface area contributed by atoms with Crippen molar-refractivity contribution in [3.8, 4) is 0 Å². The first-order valence-corrected chi connectivity index (χ1v) is 9.02. The lowest BCUT2D eigenvalue weighted by molar-refractivity contribution is 0.0505. The molecular weight excluding hydrogens is 272 g/mol. The monoisotopic (exact) mass is 302 g/mol. The molecule has 1 fully saturated rings. The highest BCUT2D eigenvalue weighted by atomic mass is 32.2. The number of ether oxygens (including phenoxy) is 1. The molecule has 2 unspecified atom stereocenters. The Kier molecular flexibility index (Phi) is 7.74. The van der Waals surface area contributed by atoms with Crippen LogP contribution in [-0.4, -0.2) is 42.3 Å². The standard InChI is InChI=1S/C15H30N2O2S/c1-15(2,3)19-14(18)17-13-8-7-12(11-13)16-9-5-6-10-20-4/h12-13,16H,5-11H2,1-4H3,(H,17,18). The van der Waals surface area contributed by atoms with E-state index < -0.39 is 5.60 Å². The fraction of sp³-hybridized carbons (Fsp3) is 0.933. The number of hydrogen-bond donors (Lipinski definition) is 2. The molecule has 0 saturated heterocycles. The van der Waals surface area contributed by atoms with E-state index in [1.165, 1.54) is 18.6 Å². The number of unbranched alkanes of at least 4 members (excludes halogenated alkanes) is 1. The van der Waals surface area contributed by atoms with Crippen LogP contribution in [0.25, 0.3) is 0 Å². The molecule has 5 heteroatoms. The maximum absolute atomic E-state index is 11.7. The second-order valence-corrected chi connectivity index (χ2v) is 7.49. The van der Waals surface area contributed by atoms with Gasteiger partial charge < -0.3 is 15.4 Å². The number of carbonyl (C=O) groups is 1. The van der Waals surface area contributed by atoms with E-state index in [-0.39, 0.29) is 12.1 Å². The average molecular weight is 302 g/mol. The SMILES string of the molecule is CSCCCCNC1CCC(NC(=O)OC(C)(C)C)C1. The molecule has 1 aliphatic rings. The maximum atomic E-state index is 11.7. The van der Waals surface area contributed by atoms with E-state index >= 15 is 0 Å². The number of amides is 1. The zero-order valence-corrected chi connectivity index (χ0v) is 14.1. The predicted octanol–water partition coefficient (Wildman–Crippen LogP) is 3.17. The van der Waals surface area contributed by atoms with Crippen molar-refractivity contribution in [3.05, 3.63) is 0 Å². The van der Waals surface area contributed by atoms with E-state index in [1.807, 2.05) is 32.5 Å². The fourth-order valence-electron chi connectivity index (χ4n) is 2.45. The van der Waals surface area contributed by atoms with Crippen molar-refractivity contribution < 1.29 is 9.53 Å². The van der Waals surface area contributed by atoms with Gasteiger partial charge in [0.05, 0.1) is 0 Å². The van der Waals surface area contributed by atoms with E-state index in [4.69, 9.17) is 4.74 Å². The summed E-state index contributed by atoms with van der Waals surface area (Å²) in [7, 11) is 0. The Balaban J connectivity index is 2.12. The number of alkyl carbamates (subject to hydrolysis) is 1. The van der Waals surface area contributed by atoms with E-state index in [1.54, 1.807) is 0 Å². The third-order valence-electron chi connectivity index (χ3n) is 3.36. The summed E-state index contributed by atoms with van der Waals surface area (Å²) in [6.07, 6.45) is 7.58. The van der Waals surface area contributed by atoms with E-state index in [2.05, 4.69) is 16.9 Å². The van der Waals surface area contributed by atoms with Crippen LogP contribution in [0, 0.1) is 0 Å². The van der Waals surface area contributed by atoms with Crippen LogP contribution in [0.3, 0.4) is 0 Å². The van der Waals surface area contributed by atoms with Crippen molar-refractivity contribution in [2.75, 3.05) is 18.6 Å². The number of carbonyl (C=O) groups excluding carboxylic acids is 1. The predicted molar refractivity (Wildman–Crippen MR) is 86.4 cm³/mol. The number of thioether (sulfide) groups is 1. The van der Waals surface area contributed by atoms with Gasteiger partial charge in [-0.3, -0.25) is 0 Å². The first-order chi connectivity index (χ1) is 9.40. The Hall–Kier alpha value is -0.420. The number of rotatable bonds is 7. The summed E-state index contributed by atoms with van der Waals surface area (Å²) in [6.45, 7) is 6.75. The second-order valence-electron chi connectivity index (χ2n) is 6.51. The third kappa shape index (κ3) is 8.00. The van der Waals surface area contributed by atoms with Crippen LogP contribution in [-0.2, 0) is 4.74 Å². The van der Waals surface area contributed by atoms with E-state index in [0.717, 1.165) is 25.8 Å². The molecule has 2 atom stereocenters. The minimum atomic E-state index is -0.419. The largest absolute Gasteiger partial charge is 0.444 e. The number of nitrogens with one attached hydrogen (secondary N) is 2. The highest BCUT2D eigenvalue weighted by molar-refractivity contribution is 7.98. The molecule has 0 radical (unpaired) electrons. The van der Waals surface area contributed by atoms with Gasteiger partial charge in [-0.25, -0.2) is 4.79 Å². The molecule has 0 aliphatic heterocycles. The van der Waals surface area contributed by atoms with E-state index in [0.29, 0.717) is 6.04 Å². The smallest absolute Gasteiger partial charge is 0.407 e.